The first-order chi connectivity index (χ1) is 9.70. The molecule has 0 aromatic heterocycles. The van der Waals surface area contributed by atoms with Crippen molar-refractivity contribution in [2.75, 3.05) is 13.2 Å². The molecule has 3 nitrogen and oxygen atoms in total. The average molecular weight is 280 g/mol. The molecule has 0 aromatic rings. The maximum Gasteiger partial charge on any atom is 0.104 e. The van der Waals surface area contributed by atoms with Crippen LogP contribution >= 0.6 is 0 Å². The third-order valence-corrected chi connectivity index (χ3v) is 3.95. The predicted molar refractivity (Wildman–Crippen MR) is 83.6 cm³/mol. The molecule has 0 heterocycles. The van der Waals surface area contributed by atoms with Crippen molar-refractivity contribution in [1.82, 2.24) is 5.32 Å². The average Bonchev–Trinajstić information content (AvgIpc) is 3.25. The Morgan fingerprint density at radius 1 is 1.10 bits per heavy atom. The summed E-state index contributed by atoms with van der Waals surface area (Å²) >= 11 is 0. The fourth-order valence-electron chi connectivity index (χ4n) is 2.43. The SMILES string of the molecule is CCCCCCCOCCCCC(C)(C#N)NC1CC1. The molecule has 116 valence electrons. The fraction of sp³-hybridized carbons (Fsp3) is 0.941. The van der Waals surface area contributed by atoms with Crippen LogP contribution in [0.3, 0.4) is 0 Å². The van der Waals surface area contributed by atoms with Crippen molar-refractivity contribution in [2.45, 2.75) is 89.6 Å². The zero-order chi connectivity index (χ0) is 14.7. The molecule has 1 aliphatic rings. The van der Waals surface area contributed by atoms with Crippen molar-refractivity contribution in [3.05, 3.63) is 0 Å². The standard InChI is InChI=1S/C17H32N2O/c1-3-4-5-6-8-13-20-14-9-7-12-17(2,15-18)19-16-10-11-16/h16,19H,3-14H2,1-2H3. The summed E-state index contributed by atoms with van der Waals surface area (Å²) in [6.45, 7) is 6.02. The van der Waals surface area contributed by atoms with Crippen LogP contribution in [0.1, 0.15) is 78.1 Å². The summed E-state index contributed by atoms with van der Waals surface area (Å²) in [4.78, 5) is 0. The van der Waals surface area contributed by atoms with Crippen LogP contribution in [-0.4, -0.2) is 24.8 Å². The Kier molecular flexibility index (Phi) is 8.89. The minimum Gasteiger partial charge on any atom is -0.381 e. The Labute approximate surface area is 125 Å². The maximum atomic E-state index is 9.26. The highest BCUT2D eigenvalue weighted by atomic mass is 16.5. The molecule has 0 amide bonds. The van der Waals surface area contributed by atoms with Gasteiger partial charge in [-0.2, -0.15) is 5.26 Å². The van der Waals surface area contributed by atoms with Gasteiger partial charge >= 0.3 is 0 Å². The molecule has 20 heavy (non-hydrogen) atoms. The largest absolute Gasteiger partial charge is 0.381 e. The van der Waals surface area contributed by atoms with Crippen LogP contribution in [0.4, 0.5) is 0 Å². The van der Waals surface area contributed by atoms with Crippen LogP contribution < -0.4 is 5.32 Å². The van der Waals surface area contributed by atoms with E-state index >= 15 is 0 Å². The lowest BCUT2D eigenvalue weighted by atomic mass is 9.96. The van der Waals surface area contributed by atoms with Crippen LogP contribution in [0.5, 0.6) is 0 Å². The summed E-state index contributed by atoms with van der Waals surface area (Å²) < 4.78 is 5.65. The van der Waals surface area contributed by atoms with E-state index in [2.05, 4.69) is 18.3 Å². The quantitative estimate of drug-likeness (QED) is 0.515. The first-order valence-corrected chi connectivity index (χ1v) is 8.47. The number of nitrogens with zero attached hydrogens (tertiary/aromatic N) is 1. The second-order valence-electron chi connectivity index (χ2n) is 6.35. The predicted octanol–water partition coefficient (Wildman–Crippen LogP) is 4.18. The molecule has 1 saturated carbocycles. The van der Waals surface area contributed by atoms with Crippen LogP contribution in [0.2, 0.25) is 0 Å². The van der Waals surface area contributed by atoms with Gasteiger partial charge in [-0.05, 0) is 45.4 Å². The zero-order valence-corrected chi connectivity index (χ0v) is 13.4. The molecule has 0 aliphatic heterocycles. The number of nitrogens with one attached hydrogen (secondary N) is 1. The first kappa shape index (κ1) is 17.5. The van der Waals surface area contributed by atoms with Gasteiger partial charge in [0.15, 0.2) is 0 Å². The van der Waals surface area contributed by atoms with E-state index in [1.165, 1.54) is 44.9 Å². The second kappa shape index (κ2) is 10.2. The van der Waals surface area contributed by atoms with Crippen molar-refractivity contribution in [3.63, 3.8) is 0 Å². The van der Waals surface area contributed by atoms with Gasteiger partial charge in [-0.25, -0.2) is 0 Å². The Morgan fingerprint density at radius 3 is 2.35 bits per heavy atom. The Balaban J connectivity index is 1.89. The van der Waals surface area contributed by atoms with E-state index in [1.807, 2.05) is 6.92 Å². The molecule has 1 rings (SSSR count). The number of nitriles is 1. The molecule has 0 saturated heterocycles. The summed E-state index contributed by atoms with van der Waals surface area (Å²) in [7, 11) is 0. The molecule has 1 unspecified atom stereocenters. The minimum atomic E-state index is -0.332. The smallest absolute Gasteiger partial charge is 0.104 e. The van der Waals surface area contributed by atoms with Gasteiger partial charge in [-0.3, -0.25) is 5.32 Å². The second-order valence-corrected chi connectivity index (χ2v) is 6.35. The minimum absolute atomic E-state index is 0.332. The Hall–Kier alpha value is -0.590. The summed E-state index contributed by atoms with van der Waals surface area (Å²) in [6, 6.07) is 3.02. The highest BCUT2D eigenvalue weighted by Gasteiger charge is 2.31. The fourth-order valence-corrected chi connectivity index (χ4v) is 2.43. The van der Waals surface area contributed by atoms with Gasteiger partial charge in [-0.15, -0.1) is 0 Å². The van der Waals surface area contributed by atoms with E-state index in [9.17, 15) is 5.26 Å². The number of hydrogen-bond donors (Lipinski definition) is 1. The van der Waals surface area contributed by atoms with Gasteiger partial charge in [0, 0.05) is 19.3 Å². The molecule has 0 aromatic carbocycles. The monoisotopic (exact) mass is 280 g/mol. The highest BCUT2D eigenvalue weighted by Crippen LogP contribution is 2.24. The molecule has 0 radical (unpaired) electrons. The van der Waals surface area contributed by atoms with Crippen molar-refractivity contribution >= 4 is 0 Å². The molecule has 1 aliphatic carbocycles. The first-order valence-electron chi connectivity index (χ1n) is 8.47. The van der Waals surface area contributed by atoms with E-state index in [4.69, 9.17) is 4.74 Å². The van der Waals surface area contributed by atoms with E-state index in [1.54, 1.807) is 0 Å². The summed E-state index contributed by atoms with van der Waals surface area (Å²) in [5.41, 5.74) is -0.332. The molecular formula is C17H32N2O. The van der Waals surface area contributed by atoms with Crippen molar-refractivity contribution < 1.29 is 4.74 Å². The highest BCUT2D eigenvalue weighted by molar-refractivity contribution is 5.06. The van der Waals surface area contributed by atoms with Gasteiger partial charge in [0.05, 0.1) is 6.07 Å². The normalized spacial score (nSPS) is 17.6. The van der Waals surface area contributed by atoms with Gasteiger partial charge in [0.2, 0.25) is 0 Å². The van der Waals surface area contributed by atoms with Crippen molar-refractivity contribution in [1.29, 1.82) is 5.26 Å². The lowest BCUT2D eigenvalue weighted by Gasteiger charge is -2.23. The van der Waals surface area contributed by atoms with Gasteiger partial charge in [0.1, 0.15) is 5.54 Å². The third-order valence-electron chi connectivity index (χ3n) is 3.95. The molecular weight excluding hydrogens is 248 g/mol. The van der Waals surface area contributed by atoms with Gasteiger partial charge < -0.3 is 4.74 Å². The number of hydrogen-bond acceptors (Lipinski definition) is 3. The van der Waals surface area contributed by atoms with Gasteiger partial charge in [-0.1, -0.05) is 32.6 Å². The summed E-state index contributed by atoms with van der Waals surface area (Å²) in [5.74, 6) is 0. The molecule has 1 atom stereocenters. The maximum absolute atomic E-state index is 9.26. The summed E-state index contributed by atoms with van der Waals surface area (Å²) in [6.07, 6.45) is 12.0. The molecule has 0 bridgehead atoms. The summed E-state index contributed by atoms with van der Waals surface area (Å²) in [5, 5.41) is 12.7. The number of unbranched alkanes of at least 4 members (excludes halogenated alkanes) is 5. The van der Waals surface area contributed by atoms with Crippen LogP contribution in [0.15, 0.2) is 0 Å². The van der Waals surface area contributed by atoms with E-state index in [0.29, 0.717) is 6.04 Å². The Bertz CT molecular complexity index is 283. The van der Waals surface area contributed by atoms with Crippen molar-refractivity contribution in [2.24, 2.45) is 0 Å². The molecule has 1 N–H and O–H groups in total. The molecule has 1 fully saturated rings. The third kappa shape index (κ3) is 8.55. The lowest BCUT2D eigenvalue weighted by molar-refractivity contribution is 0.124. The van der Waals surface area contributed by atoms with Crippen LogP contribution in [0, 0.1) is 11.3 Å². The number of ether oxygens (including phenoxy) is 1. The topological polar surface area (TPSA) is 45.0 Å². The van der Waals surface area contributed by atoms with Gasteiger partial charge in [0.25, 0.3) is 0 Å². The number of rotatable bonds is 13. The molecule has 3 heteroatoms. The van der Waals surface area contributed by atoms with E-state index < -0.39 is 0 Å². The Morgan fingerprint density at radius 2 is 1.75 bits per heavy atom. The zero-order valence-electron chi connectivity index (χ0n) is 13.4. The molecule has 0 spiro atoms. The van der Waals surface area contributed by atoms with E-state index in [-0.39, 0.29) is 5.54 Å². The van der Waals surface area contributed by atoms with E-state index in [0.717, 1.165) is 32.5 Å². The van der Waals surface area contributed by atoms with Crippen molar-refractivity contribution in [3.8, 4) is 6.07 Å². The van der Waals surface area contributed by atoms with Crippen LogP contribution in [0.25, 0.3) is 0 Å². The van der Waals surface area contributed by atoms with Crippen LogP contribution in [-0.2, 0) is 4.74 Å². The lowest BCUT2D eigenvalue weighted by Crippen LogP contribution is -2.42.